The molecule has 0 saturated carbocycles. The number of rotatable bonds is 5. The number of carbonyl (C=O) groups is 2. The van der Waals surface area contributed by atoms with Gasteiger partial charge in [0.2, 0.25) is 11.8 Å². The van der Waals surface area contributed by atoms with E-state index in [-0.39, 0.29) is 18.9 Å². The highest BCUT2D eigenvalue weighted by atomic mass is 16.2. The van der Waals surface area contributed by atoms with E-state index in [0.29, 0.717) is 0 Å². The number of nitrogens with two attached hydrogens (primary N) is 2. The molecule has 1 aromatic carbocycles. The summed E-state index contributed by atoms with van der Waals surface area (Å²) in [6, 6.07) is 8.31. The van der Waals surface area contributed by atoms with Gasteiger partial charge < -0.3 is 16.8 Å². The van der Waals surface area contributed by atoms with Crippen LogP contribution in [0.1, 0.15) is 18.0 Å². The summed E-state index contributed by atoms with van der Waals surface area (Å²) in [6.45, 7) is 0.217. The van der Waals surface area contributed by atoms with Gasteiger partial charge >= 0.3 is 0 Å². The van der Waals surface area contributed by atoms with Crippen LogP contribution in [0.5, 0.6) is 0 Å². The number of amides is 2. The zero-order valence-corrected chi connectivity index (χ0v) is 8.85. The molecule has 0 aliphatic carbocycles. The Kier molecular flexibility index (Phi) is 4.47. The summed E-state index contributed by atoms with van der Waals surface area (Å²) >= 11 is 0. The van der Waals surface area contributed by atoms with Crippen molar-refractivity contribution in [1.29, 1.82) is 0 Å². The van der Waals surface area contributed by atoms with E-state index in [2.05, 4.69) is 5.32 Å². The van der Waals surface area contributed by atoms with Crippen LogP contribution in [-0.4, -0.2) is 18.4 Å². The highest BCUT2D eigenvalue weighted by Crippen LogP contribution is 2.08. The Labute approximate surface area is 93.8 Å². The van der Waals surface area contributed by atoms with Gasteiger partial charge in [-0.1, -0.05) is 30.3 Å². The van der Waals surface area contributed by atoms with Crippen molar-refractivity contribution in [3.05, 3.63) is 35.9 Å². The van der Waals surface area contributed by atoms with Crippen molar-refractivity contribution in [3.8, 4) is 0 Å². The Morgan fingerprint density at radius 2 is 1.88 bits per heavy atom. The highest BCUT2D eigenvalue weighted by Gasteiger charge is 2.14. The van der Waals surface area contributed by atoms with Crippen molar-refractivity contribution in [2.45, 2.75) is 12.5 Å². The molecular formula is C11H15N3O2. The van der Waals surface area contributed by atoms with Crippen LogP contribution < -0.4 is 16.8 Å². The third-order valence-corrected chi connectivity index (χ3v) is 2.11. The fourth-order valence-corrected chi connectivity index (χ4v) is 1.23. The van der Waals surface area contributed by atoms with Gasteiger partial charge in [-0.3, -0.25) is 9.59 Å². The van der Waals surface area contributed by atoms with Crippen LogP contribution in [-0.2, 0) is 9.59 Å². The first-order chi connectivity index (χ1) is 7.61. The van der Waals surface area contributed by atoms with Gasteiger partial charge in [0, 0.05) is 13.0 Å². The van der Waals surface area contributed by atoms with Crippen molar-refractivity contribution in [2.75, 3.05) is 6.54 Å². The summed E-state index contributed by atoms with van der Waals surface area (Å²) < 4.78 is 0. The summed E-state index contributed by atoms with van der Waals surface area (Å²) in [7, 11) is 0. The molecule has 2 amide bonds. The molecule has 0 radical (unpaired) electrons. The van der Waals surface area contributed by atoms with Gasteiger partial charge in [-0.15, -0.1) is 0 Å². The summed E-state index contributed by atoms with van der Waals surface area (Å²) in [4.78, 5) is 22.0. The van der Waals surface area contributed by atoms with Gasteiger partial charge in [-0.25, -0.2) is 0 Å². The zero-order valence-electron chi connectivity index (χ0n) is 8.85. The molecule has 0 fully saturated rings. The van der Waals surface area contributed by atoms with Crippen LogP contribution in [0.4, 0.5) is 0 Å². The summed E-state index contributed by atoms with van der Waals surface area (Å²) in [6.07, 6.45) is 0.118. The molecular weight excluding hydrogens is 206 g/mol. The summed E-state index contributed by atoms with van der Waals surface area (Å²) in [5, 5.41) is 2.55. The average Bonchev–Trinajstić information content (AvgIpc) is 2.28. The van der Waals surface area contributed by atoms with Gasteiger partial charge in [0.1, 0.15) is 6.04 Å². The Morgan fingerprint density at radius 3 is 2.44 bits per heavy atom. The standard InChI is InChI=1S/C11H15N3O2/c12-9(15)6-7-14-11(16)10(13)8-4-2-1-3-5-8/h1-5,10H,6-7,13H2,(H2,12,15)(H,14,16). The molecule has 1 aromatic rings. The Morgan fingerprint density at radius 1 is 1.25 bits per heavy atom. The molecule has 1 atom stereocenters. The predicted octanol–water partition coefficient (Wildman–Crippen LogP) is -0.322. The molecule has 0 saturated heterocycles. The molecule has 5 N–H and O–H groups in total. The van der Waals surface area contributed by atoms with Crippen molar-refractivity contribution in [3.63, 3.8) is 0 Å². The molecule has 5 nitrogen and oxygen atoms in total. The van der Waals surface area contributed by atoms with E-state index in [9.17, 15) is 9.59 Å². The molecule has 0 spiro atoms. The van der Waals surface area contributed by atoms with Crippen LogP contribution in [0.25, 0.3) is 0 Å². The van der Waals surface area contributed by atoms with Crippen molar-refractivity contribution < 1.29 is 9.59 Å². The van der Waals surface area contributed by atoms with E-state index in [4.69, 9.17) is 11.5 Å². The van der Waals surface area contributed by atoms with E-state index in [1.54, 1.807) is 12.1 Å². The van der Waals surface area contributed by atoms with Gasteiger partial charge in [-0.2, -0.15) is 0 Å². The van der Waals surface area contributed by atoms with E-state index in [1.807, 2.05) is 18.2 Å². The topological polar surface area (TPSA) is 98.2 Å². The second-order valence-electron chi connectivity index (χ2n) is 3.40. The lowest BCUT2D eigenvalue weighted by molar-refractivity contribution is -0.122. The minimum absolute atomic E-state index is 0.118. The number of carbonyl (C=O) groups excluding carboxylic acids is 2. The lowest BCUT2D eigenvalue weighted by atomic mass is 10.1. The maximum absolute atomic E-state index is 11.5. The molecule has 1 unspecified atom stereocenters. The maximum Gasteiger partial charge on any atom is 0.241 e. The smallest absolute Gasteiger partial charge is 0.241 e. The second-order valence-corrected chi connectivity index (χ2v) is 3.40. The Bertz CT molecular complexity index is 365. The molecule has 5 heteroatoms. The number of benzene rings is 1. The molecule has 0 aromatic heterocycles. The predicted molar refractivity (Wildman–Crippen MR) is 60.2 cm³/mol. The highest BCUT2D eigenvalue weighted by molar-refractivity contribution is 5.83. The van der Waals surface area contributed by atoms with E-state index >= 15 is 0 Å². The number of nitrogens with one attached hydrogen (secondary N) is 1. The van der Waals surface area contributed by atoms with Crippen LogP contribution in [0.15, 0.2) is 30.3 Å². The fraction of sp³-hybridized carbons (Fsp3) is 0.273. The molecule has 0 heterocycles. The third kappa shape index (κ3) is 3.70. The van der Waals surface area contributed by atoms with Crippen LogP contribution >= 0.6 is 0 Å². The van der Waals surface area contributed by atoms with E-state index in [0.717, 1.165) is 5.56 Å². The summed E-state index contributed by atoms with van der Waals surface area (Å²) in [5.74, 6) is -0.763. The van der Waals surface area contributed by atoms with Crippen LogP contribution in [0, 0.1) is 0 Å². The first kappa shape index (κ1) is 12.2. The first-order valence-electron chi connectivity index (χ1n) is 4.98. The lowest BCUT2D eigenvalue weighted by Gasteiger charge is -2.11. The van der Waals surface area contributed by atoms with Crippen molar-refractivity contribution in [2.24, 2.45) is 11.5 Å². The molecule has 0 bridgehead atoms. The zero-order chi connectivity index (χ0) is 12.0. The summed E-state index contributed by atoms with van der Waals surface area (Å²) in [5.41, 5.74) is 11.4. The van der Waals surface area contributed by atoms with E-state index < -0.39 is 11.9 Å². The van der Waals surface area contributed by atoms with E-state index in [1.165, 1.54) is 0 Å². The number of primary amides is 1. The van der Waals surface area contributed by atoms with Gasteiger partial charge in [0.15, 0.2) is 0 Å². The normalized spacial score (nSPS) is 11.8. The third-order valence-electron chi connectivity index (χ3n) is 2.11. The van der Waals surface area contributed by atoms with Crippen molar-refractivity contribution in [1.82, 2.24) is 5.32 Å². The average molecular weight is 221 g/mol. The van der Waals surface area contributed by atoms with Gasteiger partial charge in [0.25, 0.3) is 0 Å². The second kappa shape index (κ2) is 5.87. The Balaban J connectivity index is 2.45. The molecule has 86 valence electrons. The van der Waals surface area contributed by atoms with Gasteiger partial charge in [0.05, 0.1) is 0 Å². The quantitative estimate of drug-likeness (QED) is 0.635. The molecule has 1 rings (SSSR count). The minimum atomic E-state index is -0.714. The lowest BCUT2D eigenvalue weighted by Crippen LogP contribution is -2.35. The van der Waals surface area contributed by atoms with Gasteiger partial charge in [-0.05, 0) is 5.56 Å². The van der Waals surface area contributed by atoms with Crippen LogP contribution in [0.2, 0.25) is 0 Å². The van der Waals surface area contributed by atoms with Crippen molar-refractivity contribution >= 4 is 11.8 Å². The SMILES string of the molecule is NC(=O)CCNC(=O)C(N)c1ccccc1. The largest absolute Gasteiger partial charge is 0.370 e. The molecule has 0 aliphatic heterocycles. The maximum atomic E-state index is 11.5. The van der Waals surface area contributed by atoms with Crippen LogP contribution in [0.3, 0.4) is 0 Å². The number of hydrogen-bond acceptors (Lipinski definition) is 3. The fourth-order valence-electron chi connectivity index (χ4n) is 1.23. The number of hydrogen-bond donors (Lipinski definition) is 3. The molecule has 16 heavy (non-hydrogen) atoms. The minimum Gasteiger partial charge on any atom is -0.370 e. The monoisotopic (exact) mass is 221 g/mol. The Hall–Kier alpha value is -1.88. The molecule has 0 aliphatic rings. The first-order valence-corrected chi connectivity index (χ1v) is 4.98.